The van der Waals surface area contributed by atoms with Crippen LogP contribution < -0.4 is 5.32 Å². The Balaban J connectivity index is 1.83. The van der Waals surface area contributed by atoms with Gasteiger partial charge in [0, 0.05) is 0 Å². The molecule has 4 atom stereocenters. The van der Waals surface area contributed by atoms with E-state index in [2.05, 4.69) is 5.32 Å². The van der Waals surface area contributed by atoms with Crippen LogP contribution in [-0.4, -0.2) is 59.5 Å². The first-order valence-corrected chi connectivity index (χ1v) is 13.5. The second-order valence-corrected chi connectivity index (χ2v) is 10.5. The van der Waals surface area contributed by atoms with Gasteiger partial charge >= 0.3 is 6.09 Å². The molecule has 3 N–H and O–H groups in total. The molecule has 0 saturated heterocycles. The summed E-state index contributed by atoms with van der Waals surface area (Å²) in [5, 5.41) is 24.4. The first-order valence-electron chi connectivity index (χ1n) is 13.5. The summed E-state index contributed by atoms with van der Waals surface area (Å²) in [4.78, 5) is 12.7. The minimum Gasteiger partial charge on any atom is -0.444 e. The molecule has 0 fully saturated rings. The Morgan fingerprint density at radius 3 is 1.65 bits per heavy atom. The molecule has 0 aromatic heterocycles. The maximum Gasteiger partial charge on any atom is 0.408 e. The van der Waals surface area contributed by atoms with Crippen molar-refractivity contribution in [2.45, 2.75) is 70.5 Å². The fraction of sp³-hybridized carbons (Fsp3) is 0.406. The number of nitrogens with one attached hydrogen (secondary N) is 1. The molecule has 3 aromatic carbocycles. The van der Waals surface area contributed by atoms with Crippen molar-refractivity contribution in [3.63, 3.8) is 0 Å². The molecular formula is C32H41NO7. The molecule has 40 heavy (non-hydrogen) atoms. The summed E-state index contributed by atoms with van der Waals surface area (Å²) in [5.74, 6) is 0. The van der Waals surface area contributed by atoms with Crippen molar-refractivity contribution >= 4 is 6.09 Å². The highest BCUT2D eigenvalue weighted by atomic mass is 16.6. The predicted octanol–water partition coefficient (Wildman–Crippen LogP) is 4.62. The molecule has 0 unspecified atom stereocenters. The van der Waals surface area contributed by atoms with Gasteiger partial charge in [-0.3, -0.25) is 0 Å². The largest absolute Gasteiger partial charge is 0.444 e. The molecule has 3 aromatic rings. The van der Waals surface area contributed by atoms with Gasteiger partial charge in [0.25, 0.3) is 0 Å². The first-order chi connectivity index (χ1) is 19.2. The molecule has 1 amide bonds. The number of aliphatic hydroxyl groups excluding tert-OH is 2. The van der Waals surface area contributed by atoms with Gasteiger partial charge in [-0.1, -0.05) is 91.0 Å². The smallest absolute Gasteiger partial charge is 0.408 e. The van der Waals surface area contributed by atoms with Crippen molar-refractivity contribution in [1.82, 2.24) is 5.32 Å². The fourth-order valence-corrected chi connectivity index (χ4v) is 4.06. The summed E-state index contributed by atoms with van der Waals surface area (Å²) in [6, 6.07) is 27.7. The van der Waals surface area contributed by atoms with E-state index in [-0.39, 0.29) is 19.8 Å². The molecule has 0 radical (unpaired) electrons. The van der Waals surface area contributed by atoms with E-state index in [4.69, 9.17) is 18.9 Å². The maximum absolute atomic E-state index is 12.7. The Labute approximate surface area is 236 Å². The van der Waals surface area contributed by atoms with E-state index < -0.39 is 42.7 Å². The summed E-state index contributed by atoms with van der Waals surface area (Å²) in [6.45, 7) is 5.39. The van der Waals surface area contributed by atoms with Gasteiger partial charge in [-0.2, -0.15) is 0 Å². The van der Waals surface area contributed by atoms with Gasteiger partial charge in [0.05, 0.1) is 39.1 Å². The molecule has 0 aliphatic rings. The lowest BCUT2D eigenvalue weighted by Gasteiger charge is -2.36. The van der Waals surface area contributed by atoms with Gasteiger partial charge in [0.2, 0.25) is 0 Å². The number of alkyl carbamates (subject to hydrolysis) is 1. The molecule has 0 bridgehead atoms. The molecule has 0 heterocycles. The van der Waals surface area contributed by atoms with Crippen molar-refractivity contribution in [3.8, 4) is 0 Å². The van der Waals surface area contributed by atoms with Gasteiger partial charge in [-0.25, -0.2) is 4.79 Å². The van der Waals surface area contributed by atoms with Crippen LogP contribution in [0, 0.1) is 0 Å². The number of aliphatic hydroxyl groups is 2. The molecular weight excluding hydrogens is 510 g/mol. The highest BCUT2D eigenvalue weighted by molar-refractivity contribution is 5.68. The normalized spacial score (nSPS) is 14.6. The van der Waals surface area contributed by atoms with Crippen LogP contribution in [0.3, 0.4) is 0 Å². The van der Waals surface area contributed by atoms with E-state index in [1.54, 1.807) is 20.8 Å². The molecule has 8 heteroatoms. The van der Waals surface area contributed by atoms with Gasteiger partial charge in [-0.15, -0.1) is 0 Å². The average Bonchev–Trinajstić information content (AvgIpc) is 2.94. The Hall–Kier alpha value is -3.27. The molecule has 0 aliphatic heterocycles. The lowest BCUT2D eigenvalue weighted by Crippen LogP contribution is -2.56. The lowest BCUT2D eigenvalue weighted by molar-refractivity contribution is -0.158. The third-order valence-corrected chi connectivity index (χ3v) is 5.97. The summed E-state index contributed by atoms with van der Waals surface area (Å²) in [5.41, 5.74) is 2.01. The molecule has 8 nitrogen and oxygen atoms in total. The van der Waals surface area contributed by atoms with Crippen LogP contribution in [0.4, 0.5) is 4.79 Å². The summed E-state index contributed by atoms with van der Waals surface area (Å²) in [6.07, 6.45) is -3.76. The first kappa shape index (κ1) is 31.3. The fourth-order valence-electron chi connectivity index (χ4n) is 4.06. The molecule has 216 valence electrons. The van der Waals surface area contributed by atoms with E-state index in [9.17, 15) is 15.0 Å². The Morgan fingerprint density at radius 1 is 0.750 bits per heavy atom. The molecule has 0 aliphatic carbocycles. The van der Waals surface area contributed by atoms with Crippen molar-refractivity contribution < 1.29 is 34.0 Å². The van der Waals surface area contributed by atoms with Crippen LogP contribution >= 0.6 is 0 Å². The molecule has 0 spiro atoms. The van der Waals surface area contributed by atoms with Gasteiger partial charge in [0.15, 0.2) is 0 Å². The number of rotatable bonds is 15. The molecule has 0 saturated carbocycles. The summed E-state index contributed by atoms with van der Waals surface area (Å²) < 4.78 is 23.8. The van der Waals surface area contributed by atoms with E-state index in [0.717, 1.165) is 16.7 Å². The zero-order chi connectivity index (χ0) is 28.8. The van der Waals surface area contributed by atoms with Crippen LogP contribution in [-0.2, 0) is 38.8 Å². The third kappa shape index (κ3) is 11.1. The number of carbonyl (C=O) groups is 1. The van der Waals surface area contributed by atoms with Crippen LogP contribution in [0.2, 0.25) is 0 Å². The Morgan fingerprint density at radius 2 is 1.20 bits per heavy atom. The molecule has 3 rings (SSSR count). The Bertz CT molecular complexity index is 1110. The number of carbonyl (C=O) groups excluding carboxylic acids is 1. The van der Waals surface area contributed by atoms with Gasteiger partial charge in [-0.05, 0) is 37.5 Å². The second kappa shape index (κ2) is 16.1. The minimum absolute atomic E-state index is 0.0515. The van der Waals surface area contributed by atoms with Crippen molar-refractivity contribution in [1.29, 1.82) is 0 Å². The zero-order valence-corrected chi connectivity index (χ0v) is 23.4. The highest BCUT2D eigenvalue weighted by Gasteiger charge is 2.38. The number of benzene rings is 3. The quantitative estimate of drug-likeness (QED) is 0.253. The third-order valence-electron chi connectivity index (χ3n) is 5.97. The van der Waals surface area contributed by atoms with Crippen molar-refractivity contribution in [3.05, 3.63) is 108 Å². The number of hydrogen-bond donors (Lipinski definition) is 3. The zero-order valence-electron chi connectivity index (χ0n) is 23.4. The highest BCUT2D eigenvalue weighted by Crippen LogP contribution is 2.20. The Kier molecular flexibility index (Phi) is 12.6. The predicted molar refractivity (Wildman–Crippen MR) is 152 cm³/mol. The van der Waals surface area contributed by atoms with Crippen LogP contribution in [0.15, 0.2) is 91.0 Å². The number of hydrogen-bond acceptors (Lipinski definition) is 7. The lowest BCUT2D eigenvalue weighted by atomic mass is 10.0. The average molecular weight is 552 g/mol. The van der Waals surface area contributed by atoms with E-state index in [1.165, 1.54) is 0 Å². The van der Waals surface area contributed by atoms with E-state index >= 15 is 0 Å². The standard InChI is InChI=1S/C32H41NO7/c1-32(2,3)40-31(36)33-27(19-34)29(38-21-25-15-9-5-10-16-25)30(39-22-26-17-11-6-12-18-26)28(35)23-37-20-24-13-7-4-8-14-24/h4-18,27-30,34-35H,19-23H2,1-3H3,(H,33,36)/t27-,28+,29+,30+/m0/s1. The van der Waals surface area contributed by atoms with Crippen LogP contribution in [0.25, 0.3) is 0 Å². The topological polar surface area (TPSA) is 106 Å². The monoisotopic (exact) mass is 551 g/mol. The summed E-state index contributed by atoms with van der Waals surface area (Å²) in [7, 11) is 0. The maximum atomic E-state index is 12.7. The van der Waals surface area contributed by atoms with Crippen molar-refractivity contribution in [2.24, 2.45) is 0 Å². The van der Waals surface area contributed by atoms with E-state index in [1.807, 2.05) is 91.0 Å². The SMILES string of the molecule is CC(C)(C)OC(=O)N[C@@H](CO)[C@@H](OCc1ccccc1)[C@H](OCc1ccccc1)[C@H](O)COCc1ccccc1. The minimum atomic E-state index is -1.14. The van der Waals surface area contributed by atoms with E-state index in [0.29, 0.717) is 6.61 Å². The summed E-state index contributed by atoms with van der Waals surface area (Å²) >= 11 is 0. The van der Waals surface area contributed by atoms with Gasteiger partial charge in [0.1, 0.15) is 23.9 Å². The van der Waals surface area contributed by atoms with Crippen LogP contribution in [0.1, 0.15) is 37.5 Å². The van der Waals surface area contributed by atoms with Gasteiger partial charge < -0.3 is 34.5 Å². The number of ether oxygens (including phenoxy) is 4. The van der Waals surface area contributed by atoms with Crippen LogP contribution in [0.5, 0.6) is 0 Å². The second-order valence-electron chi connectivity index (χ2n) is 10.5. The van der Waals surface area contributed by atoms with Crippen molar-refractivity contribution in [2.75, 3.05) is 13.2 Å². The number of amides is 1.